The van der Waals surface area contributed by atoms with E-state index in [1.165, 1.54) is 6.07 Å². The predicted molar refractivity (Wildman–Crippen MR) is 76.2 cm³/mol. The molecule has 0 aliphatic rings. The molecule has 0 fully saturated rings. The van der Waals surface area contributed by atoms with Crippen LogP contribution in [0.4, 0.5) is 14.5 Å². The summed E-state index contributed by atoms with van der Waals surface area (Å²) in [7, 11) is -3.88. The van der Waals surface area contributed by atoms with E-state index in [4.69, 9.17) is 5.73 Å². The average molecular weight is 312 g/mol. The molecular formula is C14H14F2N2O2S. The second-order valence-corrected chi connectivity index (χ2v) is 6.19. The zero-order chi connectivity index (χ0) is 15.6. The van der Waals surface area contributed by atoms with Crippen molar-refractivity contribution in [3.8, 4) is 0 Å². The van der Waals surface area contributed by atoms with Crippen molar-refractivity contribution < 1.29 is 17.2 Å². The molecule has 0 atom stereocenters. The Morgan fingerprint density at radius 2 is 1.81 bits per heavy atom. The van der Waals surface area contributed by atoms with Crippen LogP contribution >= 0.6 is 0 Å². The standard InChI is InChI=1S/C14H14F2N2O2S/c1-9-6-10(8-17)2-5-14(9)21(19,20)18-11-3-4-12(15)13(16)7-11/h2-7,18H,8,17H2,1H3. The molecule has 2 aromatic carbocycles. The summed E-state index contributed by atoms with van der Waals surface area (Å²) in [4.78, 5) is 0.0597. The van der Waals surface area contributed by atoms with Crippen LogP contribution in [0.5, 0.6) is 0 Å². The van der Waals surface area contributed by atoms with Gasteiger partial charge in [0, 0.05) is 12.6 Å². The highest BCUT2D eigenvalue weighted by atomic mass is 32.2. The van der Waals surface area contributed by atoms with Crippen LogP contribution in [0.3, 0.4) is 0 Å². The van der Waals surface area contributed by atoms with Crippen LogP contribution in [0.1, 0.15) is 11.1 Å². The first kappa shape index (κ1) is 15.4. The van der Waals surface area contributed by atoms with Crippen molar-refractivity contribution in [3.05, 3.63) is 59.2 Å². The SMILES string of the molecule is Cc1cc(CN)ccc1S(=O)(=O)Nc1ccc(F)c(F)c1. The lowest BCUT2D eigenvalue weighted by Crippen LogP contribution is -2.15. The minimum Gasteiger partial charge on any atom is -0.326 e. The van der Waals surface area contributed by atoms with Gasteiger partial charge in [-0.2, -0.15) is 0 Å². The van der Waals surface area contributed by atoms with E-state index in [2.05, 4.69) is 4.72 Å². The Morgan fingerprint density at radius 1 is 1.10 bits per heavy atom. The minimum absolute atomic E-state index is 0.0452. The van der Waals surface area contributed by atoms with E-state index < -0.39 is 21.7 Å². The van der Waals surface area contributed by atoms with Gasteiger partial charge in [-0.05, 0) is 36.2 Å². The van der Waals surface area contributed by atoms with E-state index >= 15 is 0 Å². The Balaban J connectivity index is 2.36. The zero-order valence-corrected chi connectivity index (χ0v) is 12.0. The molecule has 3 N–H and O–H groups in total. The fourth-order valence-electron chi connectivity index (χ4n) is 1.91. The van der Waals surface area contributed by atoms with Gasteiger partial charge < -0.3 is 5.73 Å². The summed E-state index contributed by atoms with van der Waals surface area (Å²) in [6.45, 7) is 1.94. The van der Waals surface area contributed by atoms with Gasteiger partial charge in [-0.1, -0.05) is 12.1 Å². The number of nitrogens with two attached hydrogens (primary N) is 1. The second-order valence-electron chi connectivity index (χ2n) is 4.54. The summed E-state index contributed by atoms with van der Waals surface area (Å²) < 4.78 is 52.7. The lowest BCUT2D eigenvalue weighted by Gasteiger charge is -2.11. The number of aryl methyl sites for hydroxylation is 1. The van der Waals surface area contributed by atoms with E-state index in [-0.39, 0.29) is 10.6 Å². The molecule has 2 aromatic rings. The lowest BCUT2D eigenvalue weighted by molar-refractivity contribution is 0.509. The van der Waals surface area contributed by atoms with E-state index in [0.717, 1.165) is 23.8 Å². The summed E-state index contributed by atoms with van der Waals surface area (Å²) in [6, 6.07) is 7.50. The first-order valence-electron chi connectivity index (χ1n) is 6.11. The highest BCUT2D eigenvalue weighted by Gasteiger charge is 2.17. The van der Waals surface area contributed by atoms with E-state index in [9.17, 15) is 17.2 Å². The molecule has 0 saturated heterocycles. The number of rotatable bonds is 4. The summed E-state index contributed by atoms with van der Waals surface area (Å²) in [5, 5.41) is 0. The molecule has 21 heavy (non-hydrogen) atoms. The summed E-state index contributed by atoms with van der Waals surface area (Å²) >= 11 is 0. The fourth-order valence-corrected chi connectivity index (χ4v) is 3.19. The quantitative estimate of drug-likeness (QED) is 0.911. The Hall–Kier alpha value is -1.99. The second kappa shape index (κ2) is 5.79. The predicted octanol–water partition coefficient (Wildman–Crippen LogP) is 2.53. The van der Waals surface area contributed by atoms with Crippen LogP contribution in [0, 0.1) is 18.6 Å². The van der Waals surface area contributed by atoms with Gasteiger partial charge in [-0.15, -0.1) is 0 Å². The fraction of sp³-hybridized carbons (Fsp3) is 0.143. The molecule has 0 aliphatic heterocycles. The normalized spacial score (nSPS) is 11.4. The Kier molecular flexibility index (Phi) is 4.24. The summed E-state index contributed by atoms with van der Waals surface area (Å²) in [5.74, 6) is -2.16. The van der Waals surface area contributed by atoms with Crippen LogP contribution in [-0.2, 0) is 16.6 Å². The van der Waals surface area contributed by atoms with Gasteiger partial charge in [0.1, 0.15) is 0 Å². The van der Waals surface area contributed by atoms with Crippen molar-refractivity contribution in [2.24, 2.45) is 5.73 Å². The number of nitrogens with one attached hydrogen (secondary N) is 1. The first-order valence-corrected chi connectivity index (χ1v) is 7.59. The maximum atomic E-state index is 13.1. The summed E-state index contributed by atoms with van der Waals surface area (Å²) in [5.41, 5.74) is 6.77. The third-order valence-corrected chi connectivity index (χ3v) is 4.48. The molecule has 0 bridgehead atoms. The van der Waals surface area contributed by atoms with E-state index in [1.54, 1.807) is 19.1 Å². The molecule has 0 unspecified atom stereocenters. The molecule has 0 aromatic heterocycles. The molecule has 0 aliphatic carbocycles. The number of hydrogen-bond acceptors (Lipinski definition) is 3. The van der Waals surface area contributed by atoms with Crippen molar-refractivity contribution in [2.45, 2.75) is 18.4 Å². The molecule has 7 heteroatoms. The van der Waals surface area contributed by atoms with Crippen molar-refractivity contribution >= 4 is 15.7 Å². The molecule has 0 radical (unpaired) electrons. The monoisotopic (exact) mass is 312 g/mol. The van der Waals surface area contributed by atoms with Crippen LogP contribution in [0.2, 0.25) is 0 Å². The van der Waals surface area contributed by atoms with Crippen LogP contribution < -0.4 is 10.5 Å². The lowest BCUT2D eigenvalue weighted by atomic mass is 10.1. The van der Waals surface area contributed by atoms with Crippen molar-refractivity contribution in [2.75, 3.05) is 4.72 Å². The van der Waals surface area contributed by atoms with Gasteiger partial charge in [0.15, 0.2) is 11.6 Å². The van der Waals surface area contributed by atoms with E-state index in [1.807, 2.05) is 0 Å². The highest BCUT2D eigenvalue weighted by molar-refractivity contribution is 7.92. The Morgan fingerprint density at radius 3 is 2.38 bits per heavy atom. The number of sulfonamides is 1. The molecule has 0 heterocycles. The summed E-state index contributed by atoms with van der Waals surface area (Å²) in [6.07, 6.45) is 0. The highest BCUT2D eigenvalue weighted by Crippen LogP contribution is 2.21. The Labute approximate surface area is 121 Å². The smallest absolute Gasteiger partial charge is 0.262 e. The molecule has 2 rings (SSSR count). The number of hydrogen-bond donors (Lipinski definition) is 2. The topological polar surface area (TPSA) is 72.2 Å². The maximum Gasteiger partial charge on any atom is 0.262 e. The van der Waals surface area contributed by atoms with E-state index in [0.29, 0.717) is 12.1 Å². The molecule has 4 nitrogen and oxygen atoms in total. The van der Waals surface area contributed by atoms with Crippen molar-refractivity contribution in [1.29, 1.82) is 0 Å². The number of anilines is 1. The van der Waals surface area contributed by atoms with Gasteiger partial charge in [0.05, 0.1) is 10.6 Å². The largest absolute Gasteiger partial charge is 0.326 e. The Bertz CT molecular complexity index is 777. The van der Waals surface area contributed by atoms with Crippen molar-refractivity contribution in [1.82, 2.24) is 0 Å². The maximum absolute atomic E-state index is 13.1. The molecule has 0 amide bonds. The third-order valence-electron chi connectivity index (χ3n) is 2.94. The number of halogens is 2. The molecule has 0 saturated carbocycles. The number of benzene rings is 2. The van der Waals surface area contributed by atoms with Crippen LogP contribution in [0.15, 0.2) is 41.3 Å². The van der Waals surface area contributed by atoms with Gasteiger partial charge in [0.2, 0.25) is 0 Å². The molecule has 0 spiro atoms. The third kappa shape index (κ3) is 3.37. The van der Waals surface area contributed by atoms with Gasteiger partial charge in [-0.25, -0.2) is 17.2 Å². The van der Waals surface area contributed by atoms with Crippen LogP contribution in [0.25, 0.3) is 0 Å². The van der Waals surface area contributed by atoms with Gasteiger partial charge >= 0.3 is 0 Å². The molecule has 112 valence electrons. The van der Waals surface area contributed by atoms with Gasteiger partial charge in [0.25, 0.3) is 10.0 Å². The van der Waals surface area contributed by atoms with Crippen molar-refractivity contribution in [3.63, 3.8) is 0 Å². The average Bonchev–Trinajstić information content (AvgIpc) is 2.42. The van der Waals surface area contributed by atoms with Crippen LogP contribution in [-0.4, -0.2) is 8.42 Å². The van der Waals surface area contributed by atoms with Gasteiger partial charge in [-0.3, -0.25) is 4.72 Å². The zero-order valence-electron chi connectivity index (χ0n) is 11.2. The minimum atomic E-state index is -3.88. The first-order chi connectivity index (χ1) is 9.83. The molecular weight excluding hydrogens is 298 g/mol.